The lowest BCUT2D eigenvalue weighted by molar-refractivity contribution is 0.0985. The zero-order valence-electron chi connectivity index (χ0n) is 20.5. The number of hydrogen-bond acceptors (Lipinski definition) is 7. The highest BCUT2D eigenvalue weighted by atomic mass is 32.2. The van der Waals surface area contributed by atoms with E-state index in [-0.39, 0.29) is 0 Å². The van der Waals surface area contributed by atoms with E-state index in [0.717, 1.165) is 79.2 Å². The molecule has 5 heterocycles. The van der Waals surface area contributed by atoms with Gasteiger partial charge in [0.2, 0.25) is 0 Å². The minimum absolute atomic E-state index is 0.306. The van der Waals surface area contributed by atoms with Crippen LogP contribution in [0.1, 0.15) is 58.1 Å². The number of ether oxygens (including phenoxy) is 1. The molecule has 6 rings (SSSR count). The highest BCUT2D eigenvalue weighted by Crippen LogP contribution is 2.40. The van der Waals surface area contributed by atoms with Crippen LogP contribution in [-0.2, 0) is 4.74 Å². The molecule has 2 saturated heterocycles. The molecular weight excluding hydrogens is 444 g/mol. The molecular formula is C26H36N6OS. The number of piperidine rings is 1. The number of morpholine rings is 1. The number of H-pyrrole nitrogens is 1. The highest BCUT2D eigenvalue weighted by molar-refractivity contribution is 7.97. The summed E-state index contributed by atoms with van der Waals surface area (Å²) in [5.41, 5.74) is 3.10. The van der Waals surface area contributed by atoms with Crippen molar-refractivity contribution in [2.24, 2.45) is 0 Å². The third-order valence-corrected chi connectivity index (χ3v) is 8.22. The molecule has 0 radical (unpaired) electrons. The van der Waals surface area contributed by atoms with Gasteiger partial charge in [-0.3, -0.25) is 4.31 Å². The zero-order valence-corrected chi connectivity index (χ0v) is 21.4. The van der Waals surface area contributed by atoms with Crippen LogP contribution in [0.3, 0.4) is 0 Å². The van der Waals surface area contributed by atoms with Crippen LogP contribution < -0.4 is 4.90 Å². The van der Waals surface area contributed by atoms with E-state index in [1.165, 1.54) is 18.5 Å². The van der Waals surface area contributed by atoms with Crippen molar-refractivity contribution in [2.45, 2.75) is 63.7 Å². The minimum atomic E-state index is 0.306. The smallest absolute Gasteiger partial charge is 0.162 e. The van der Waals surface area contributed by atoms with E-state index in [2.05, 4.69) is 50.2 Å². The maximum absolute atomic E-state index is 5.69. The summed E-state index contributed by atoms with van der Waals surface area (Å²) in [5.74, 6) is 2.31. The third-order valence-electron chi connectivity index (χ3n) is 6.79. The number of aromatic nitrogens is 4. The number of fused-ring (bicyclic) bond motifs is 1. The van der Waals surface area contributed by atoms with E-state index in [9.17, 15) is 0 Å². The van der Waals surface area contributed by atoms with Crippen LogP contribution in [0.5, 0.6) is 0 Å². The summed E-state index contributed by atoms with van der Waals surface area (Å²) in [4.78, 5) is 20.3. The van der Waals surface area contributed by atoms with Crippen LogP contribution >= 0.6 is 11.9 Å². The Morgan fingerprint density at radius 2 is 1.88 bits per heavy atom. The molecule has 0 bridgehead atoms. The molecule has 3 aliphatic rings. The van der Waals surface area contributed by atoms with Crippen LogP contribution in [0.2, 0.25) is 0 Å². The summed E-state index contributed by atoms with van der Waals surface area (Å²) in [6.45, 7) is 10.8. The normalized spacial score (nSPS) is 22.0. The first-order valence-corrected chi connectivity index (χ1v) is 13.7. The lowest BCUT2D eigenvalue weighted by Gasteiger charge is -2.35. The molecule has 1 unspecified atom stereocenters. The van der Waals surface area contributed by atoms with Crippen molar-refractivity contribution in [3.63, 3.8) is 0 Å². The number of nitrogens with zero attached hydrogens (tertiary/aromatic N) is 5. The third kappa shape index (κ3) is 5.09. The molecule has 2 aliphatic heterocycles. The van der Waals surface area contributed by atoms with E-state index < -0.39 is 0 Å². The van der Waals surface area contributed by atoms with Crippen molar-refractivity contribution in [2.75, 3.05) is 37.7 Å². The van der Waals surface area contributed by atoms with Gasteiger partial charge in [0.15, 0.2) is 5.82 Å². The molecule has 7 nitrogen and oxygen atoms in total. The molecule has 8 heteroatoms. The van der Waals surface area contributed by atoms with Crippen molar-refractivity contribution in [3.8, 4) is 11.4 Å². The van der Waals surface area contributed by atoms with Gasteiger partial charge in [-0.05, 0) is 44.7 Å². The maximum Gasteiger partial charge on any atom is 0.162 e. The van der Waals surface area contributed by atoms with Crippen molar-refractivity contribution >= 4 is 28.8 Å². The van der Waals surface area contributed by atoms with Gasteiger partial charge < -0.3 is 14.6 Å². The van der Waals surface area contributed by atoms with E-state index in [1.807, 2.05) is 32.3 Å². The quantitative estimate of drug-likeness (QED) is 0.499. The molecule has 1 atom stereocenters. The Morgan fingerprint density at radius 3 is 2.65 bits per heavy atom. The fourth-order valence-corrected chi connectivity index (χ4v) is 5.98. The average Bonchev–Trinajstić information content (AvgIpc) is 3.57. The fourth-order valence-electron chi connectivity index (χ4n) is 4.79. The molecule has 3 aromatic rings. The Balaban J connectivity index is 0.00000117. The van der Waals surface area contributed by atoms with Gasteiger partial charge in [0, 0.05) is 65.9 Å². The monoisotopic (exact) mass is 480 g/mol. The second-order valence-corrected chi connectivity index (χ2v) is 10.6. The van der Waals surface area contributed by atoms with E-state index in [4.69, 9.17) is 14.7 Å². The SMILES string of the molecule is CC.CC1COCCN1c1cc(C2CCN(SC3CC3)CC2)nc(-c2ccnc3[nH]ccc23)n1. The summed E-state index contributed by atoms with van der Waals surface area (Å²) in [7, 11) is 0. The van der Waals surface area contributed by atoms with Crippen molar-refractivity contribution in [1.29, 1.82) is 0 Å². The molecule has 1 saturated carbocycles. The molecule has 182 valence electrons. The summed E-state index contributed by atoms with van der Waals surface area (Å²) < 4.78 is 8.26. The first kappa shape index (κ1) is 23.6. The van der Waals surface area contributed by atoms with Gasteiger partial charge in [0.05, 0.1) is 19.3 Å². The van der Waals surface area contributed by atoms with Crippen LogP contribution in [0.4, 0.5) is 5.82 Å². The zero-order chi connectivity index (χ0) is 23.5. The lowest BCUT2D eigenvalue weighted by Crippen LogP contribution is -2.44. The van der Waals surface area contributed by atoms with Crippen LogP contribution in [-0.4, -0.2) is 68.4 Å². The number of hydrogen-bond donors (Lipinski definition) is 1. The average molecular weight is 481 g/mol. The second-order valence-electron chi connectivity index (χ2n) is 9.20. The molecule has 3 fully saturated rings. The molecule has 0 aromatic carbocycles. The topological polar surface area (TPSA) is 70.2 Å². The standard InChI is InChI=1S/C24H30N6OS.C2H6/c1-16-15-31-13-12-30(16)22-14-21(17-6-10-29(11-7-17)32-18-2-3-18)27-24(28-22)20-5-9-26-23-19(20)4-8-25-23;1-2/h4-5,8-9,14,16-18H,2-3,6-7,10-13,15H2,1H3,(H,25,26);1-2H3. The molecule has 1 aliphatic carbocycles. The van der Waals surface area contributed by atoms with E-state index in [1.54, 1.807) is 0 Å². The fraction of sp³-hybridized carbons (Fsp3) is 0.577. The molecule has 3 aromatic heterocycles. The Hall–Kier alpha value is -2.16. The predicted octanol–water partition coefficient (Wildman–Crippen LogP) is 5.26. The van der Waals surface area contributed by atoms with E-state index in [0.29, 0.717) is 12.0 Å². The molecule has 1 N–H and O–H groups in total. The summed E-state index contributed by atoms with van der Waals surface area (Å²) in [5, 5.41) is 1.95. The Bertz CT molecular complexity index is 1090. The van der Waals surface area contributed by atoms with Crippen LogP contribution in [0.15, 0.2) is 30.6 Å². The number of pyridine rings is 1. The highest BCUT2D eigenvalue weighted by Gasteiger charge is 2.30. The van der Waals surface area contributed by atoms with E-state index >= 15 is 0 Å². The van der Waals surface area contributed by atoms with Crippen molar-refractivity contribution in [1.82, 2.24) is 24.2 Å². The number of rotatable bonds is 5. The largest absolute Gasteiger partial charge is 0.377 e. The van der Waals surface area contributed by atoms with Crippen LogP contribution in [0.25, 0.3) is 22.4 Å². The first-order chi connectivity index (χ1) is 16.7. The Morgan fingerprint density at radius 1 is 1.06 bits per heavy atom. The summed E-state index contributed by atoms with van der Waals surface area (Å²) >= 11 is 2.08. The minimum Gasteiger partial charge on any atom is -0.377 e. The number of anilines is 1. The van der Waals surface area contributed by atoms with Gasteiger partial charge in [-0.15, -0.1) is 0 Å². The molecule has 0 amide bonds. The van der Waals surface area contributed by atoms with Crippen LogP contribution in [0, 0.1) is 0 Å². The molecule has 0 spiro atoms. The van der Waals surface area contributed by atoms with Gasteiger partial charge in [-0.25, -0.2) is 15.0 Å². The Labute approximate surface area is 206 Å². The number of aromatic amines is 1. The predicted molar refractivity (Wildman–Crippen MR) is 140 cm³/mol. The second kappa shape index (κ2) is 10.6. The Kier molecular flexibility index (Phi) is 7.37. The van der Waals surface area contributed by atoms with Gasteiger partial charge in [-0.2, -0.15) is 0 Å². The lowest BCUT2D eigenvalue weighted by atomic mass is 9.94. The van der Waals surface area contributed by atoms with Gasteiger partial charge >= 0.3 is 0 Å². The summed E-state index contributed by atoms with van der Waals surface area (Å²) in [6.07, 6.45) is 8.87. The van der Waals surface area contributed by atoms with Crippen molar-refractivity contribution < 1.29 is 4.74 Å². The van der Waals surface area contributed by atoms with Crippen molar-refractivity contribution in [3.05, 3.63) is 36.3 Å². The summed E-state index contributed by atoms with van der Waals surface area (Å²) in [6, 6.07) is 6.66. The van der Waals surface area contributed by atoms with Gasteiger partial charge in [0.1, 0.15) is 11.5 Å². The van der Waals surface area contributed by atoms with Gasteiger partial charge in [0.25, 0.3) is 0 Å². The number of nitrogens with one attached hydrogen (secondary N) is 1. The van der Waals surface area contributed by atoms with Gasteiger partial charge in [-0.1, -0.05) is 25.8 Å². The first-order valence-electron chi connectivity index (χ1n) is 12.8. The maximum atomic E-state index is 5.69. The molecule has 34 heavy (non-hydrogen) atoms.